The van der Waals surface area contributed by atoms with E-state index in [-0.39, 0.29) is 5.41 Å². The van der Waals surface area contributed by atoms with Crippen LogP contribution in [0.1, 0.15) is 18.4 Å². The van der Waals surface area contributed by atoms with Crippen LogP contribution in [0.25, 0.3) is 21.8 Å². The van der Waals surface area contributed by atoms with Crippen LogP contribution in [-0.4, -0.2) is 34.6 Å². The number of nitrogens with zero attached hydrogens (tertiary/aromatic N) is 3. The van der Waals surface area contributed by atoms with Gasteiger partial charge in [0.25, 0.3) is 0 Å². The quantitative estimate of drug-likeness (QED) is 0.544. The van der Waals surface area contributed by atoms with E-state index in [1.807, 2.05) is 6.20 Å². The lowest BCUT2D eigenvalue weighted by molar-refractivity contribution is 0.331. The monoisotopic (exact) mass is 355 g/mol. The van der Waals surface area contributed by atoms with Crippen molar-refractivity contribution in [3.8, 4) is 0 Å². The van der Waals surface area contributed by atoms with Gasteiger partial charge in [0.05, 0.1) is 5.39 Å². The van der Waals surface area contributed by atoms with E-state index in [4.69, 9.17) is 4.98 Å². The number of rotatable bonds is 1. The molecule has 2 aromatic carbocycles. The Morgan fingerprint density at radius 3 is 2.74 bits per heavy atom. The number of piperidine rings is 1. The lowest BCUT2D eigenvalue weighted by Crippen LogP contribution is -2.42. The third-order valence-electron chi connectivity index (χ3n) is 6.34. The molecule has 0 saturated carbocycles. The molecular formula is C22H21N5. The van der Waals surface area contributed by atoms with Crippen molar-refractivity contribution in [2.24, 2.45) is 0 Å². The Kier molecular flexibility index (Phi) is 3.11. The molecular weight excluding hydrogens is 334 g/mol. The summed E-state index contributed by atoms with van der Waals surface area (Å²) in [5.74, 6) is 1.01. The smallest absolute Gasteiger partial charge is 0.145 e. The van der Waals surface area contributed by atoms with Crippen molar-refractivity contribution < 1.29 is 0 Å². The van der Waals surface area contributed by atoms with E-state index in [1.54, 1.807) is 6.33 Å². The number of anilines is 2. The van der Waals surface area contributed by atoms with Gasteiger partial charge in [-0.3, -0.25) is 0 Å². The van der Waals surface area contributed by atoms with Crippen LogP contribution < -0.4 is 10.2 Å². The number of hydrogen-bond donors (Lipinski definition) is 2. The summed E-state index contributed by atoms with van der Waals surface area (Å²) in [4.78, 5) is 14.7. The molecule has 27 heavy (non-hydrogen) atoms. The first-order chi connectivity index (χ1) is 13.4. The summed E-state index contributed by atoms with van der Waals surface area (Å²) in [5.41, 5.74) is 3.88. The Morgan fingerprint density at radius 2 is 1.81 bits per heavy atom. The maximum Gasteiger partial charge on any atom is 0.145 e. The number of nitrogens with one attached hydrogen (secondary N) is 2. The molecule has 1 spiro atoms. The molecule has 0 radical (unpaired) electrons. The van der Waals surface area contributed by atoms with Crippen molar-refractivity contribution in [2.45, 2.75) is 18.3 Å². The zero-order valence-electron chi connectivity index (χ0n) is 15.1. The summed E-state index contributed by atoms with van der Waals surface area (Å²) >= 11 is 0. The van der Waals surface area contributed by atoms with E-state index < -0.39 is 0 Å². The first kappa shape index (κ1) is 15.2. The molecule has 4 aromatic rings. The van der Waals surface area contributed by atoms with Crippen molar-refractivity contribution in [3.63, 3.8) is 0 Å². The predicted molar refractivity (Wildman–Crippen MR) is 109 cm³/mol. The zero-order valence-corrected chi connectivity index (χ0v) is 15.1. The number of H-pyrrole nitrogens is 1. The van der Waals surface area contributed by atoms with Crippen molar-refractivity contribution in [1.82, 2.24) is 20.3 Å². The molecule has 2 aliphatic rings. The average Bonchev–Trinajstić information content (AvgIpc) is 3.32. The molecule has 6 rings (SSSR count). The fourth-order valence-electron chi connectivity index (χ4n) is 5.09. The molecule has 0 aliphatic carbocycles. The molecule has 2 aromatic heterocycles. The second-order valence-corrected chi connectivity index (χ2v) is 7.73. The van der Waals surface area contributed by atoms with Crippen molar-refractivity contribution in [3.05, 3.63) is 60.6 Å². The molecule has 4 heterocycles. The highest BCUT2D eigenvalue weighted by Gasteiger charge is 2.45. The SMILES string of the molecule is c1ccc2c3c(ccc2c1)N(c1ncnc2[nH]ccc12)CC31CCNCC1. The molecule has 0 unspecified atom stereocenters. The average molecular weight is 355 g/mol. The van der Waals surface area contributed by atoms with Gasteiger partial charge < -0.3 is 15.2 Å². The Hall–Kier alpha value is -2.92. The highest BCUT2D eigenvalue weighted by Crippen LogP contribution is 2.51. The maximum atomic E-state index is 4.70. The van der Waals surface area contributed by atoms with Crippen molar-refractivity contribution in [2.75, 3.05) is 24.5 Å². The number of aromatic amines is 1. The van der Waals surface area contributed by atoms with Crippen LogP contribution in [0, 0.1) is 0 Å². The van der Waals surface area contributed by atoms with Gasteiger partial charge >= 0.3 is 0 Å². The van der Waals surface area contributed by atoms with Crippen LogP contribution in [0.4, 0.5) is 11.5 Å². The molecule has 5 heteroatoms. The zero-order chi connectivity index (χ0) is 17.8. The predicted octanol–water partition coefficient (Wildman–Crippen LogP) is 3.88. The standard InChI is InChI=1S/C22H21N5/c1-2-4-16-15(3-1)5-6-18-19(16)22(8-11-23-12-9-22)13-27(18)21-17-7-10-24-20(17)25-14-26-21/h1-7,10,14,23H,8-9,11-13H2,(H,24,25,26). The van der Waals surface area contributed by atoms with Gasteiger partial charge in [-0.2, -0.15) is 0 Å². The first-order valence-corrected chi connectivity index (χ1v) is 9.64. The Morgan fingerprint density at radius 1 is 0.926 bits per heavy atom. The third kappa shape index (κ3) is 2.09. The van der Waals surface area contributed by atoms with Crippen molar-refractivity contribution in [1.29, 1.82) is 0 Å². The van der Waals surface area contributed by atoms with Gasteiger partial charge in [0.15, 0.2) is 0 Å². The van der Waals surface area contributed by atoms with E-state index in [9.17, 15) is 0 Å². The summed E-state index contributed by atoms with van der Waals surface area (Å²) < 4.78 is 0. The number of fused-ring (bicyclic) bond motifs is 5. The minimum absolute atomic E-state index is 0.176. The fraction of sp³-hybridized carbons (Fsp3) is 0.273. The third-order valence-corrected chi connectivity index (χ3v) is 6.34. The van der Waals surface area contributed by atoms with E-state index in [2.05, 4.69) is 62.6 Å². The van der Waals surface area contributed by atoms with E-state index in [0.717, 1.165) is 49.3 Å². The van der Waals surface area contributed by atoms with E-state index in [1.165, 1.54) is 22.0 Å². The van der Waals surface area contributed by atoms with Crippen LogP contribution in [0.5, 0.6) is 0 Å². The van der Waals surface area contributed by atoms with Gasteiger partial charge in [-0.25, -0.2) is 9.97 Å². The summed E-state index contributed by atoms with van der Waals surface area (Å²) in [6.45, 7) is 3.12. The van der Waals surface area contributed by atoms with Crippen LogP contribution in [0.3, 0.4) is 0 Å². The molecule has 1 saturated heterocycles. The lowest BCUT2D eigenvalue weighted by atomic mass is 9.73. The molecule has 0 atom stereocenters. The van der Waals surface area contributed by atoms with Crippen LogP contribution in [0.15, 0.2) is 55.0 Å². The minimum atomic E-state index is 0.176. The molecule has 2 N–H and O–H groups in total. The Balaban J connectivity index is 1.63. The first-order valence-electron chi connectivity index (χ1n) is 9.64. The highest BCUT2D eigenvalue weighted by atomic mass is 15.2. The highest BCUT2D eigenvalue weighted by molar-refractivity contribution is 5.97. The van der Waals surface area contributed by atoms with Gasteiger partial charge in [0.2, 0.25) is 0 Å². The van der Waals surface area contributed by atoms with Crippen LogP contribution in [0.2, 0.25) is 0 Å². The Labute approximate surface area is 157 Å². The topological polar surface area (TPSA) is 56.8 Å². The summed E-state index contributed by atoms with van der Waals surface area (Å²) in [7, 11) is 0. The second kappa shape index (κ2) is 5.54. The second-order valence-electron chi connectivity index (χ2n) is 7.73. The summed E-state index contributed by atoms with van der Waals surface area (Å²) in [6.07, 6.45) is 5.93. The normalized spacial score (nSPS) is 18.4. The molecule has 0 amide bonds. The largest absolute Gasteiger partial charge is 0.346 e. The molecule has 1 fully saturated rings. The van der Waals surface area contributed by atoms with Crippen LogP contribution in [-0.2, 0) is 5.41 Å². The fourth-order valence-corrected chi connectivity index (χ4v) is 5.09. The molecule has 2 aliphatic heterocycles. The summed E-state index contributed by atoms with van der Waals surface area (Å²) in [6, 6.07) is 15.4. The minimum Gasteiger partial charge on any atom is -0.346 e. The van der Waals surface area contributed by atoms with Crippen LogP contribution >= 0.6 is 0 Å². The van der Waals surface area contributed by atoms with Crippen molar-refractivity contribution >= 4 is 33.3 Å². The summed E-state index contributed by atoms with van der Waals surface area (Å²) in [5, 5.41) is 7.34. The molecule has 134 valence electrons. The van der Waals surface area contributed by atoms with Gasteiger partial charge in [0.1, 0.15) is 17.8 Å². The lowest BCUT2D eigenvalue weighted by Gasteiger charge is -2.35. The molecule has 5 nitrogen and oxygen atoms in total. The maximum absolute atomic E-state index is 4.70. The number of hydrogen-bond acceptors (Lipinski definition) is 4. The van der Waals surface area contributed by atoms with Gasteiger partial charge in [-0.1, -0.05) is 30.3 Å². The molecule has 0 bridgehead atoms. The van der Waals surface area contributed by atoms with E-state index in [0.29, 0.717) is 0 Å². The number of benzene rings is 2. The number of aromatic nitrogens is 3. The van der Waals surface area contributed by atoms with Gasteiger partial charge in [-0.05, 0) is 54.4 Å². The van der Waals surface area contributed by atoms with Gasteiger partial charge in [0, 0.05) is 23.8 Å². The van der Waals surface area contributed by atoms with E-state index >= 15 is 0 Å². The Bertz CT molecular complexity index is 1160. The van der Waals surface area contributed by atoms with Gasteiger partial charge in [-0.15, -0.1) is 0 Å².